The molecule has 0 aliphatic carbocycles. The number of carboxylic acids is 1. The summed E-state index contributed by atoms with van der Waals surface area (Å²) in [5.41, 5.74) is 2.92. The second-order valence-electron chi connectivity index (χ2n) is 5.43. The lowest BCUT2D eigenvalue weighted by Gasteiger charge is -2.04. The van der Waals surface area contributed by atoms with E-state index in [1.807, 2.05) is 23.9 Å². The molecule has 2 rings (SSSR count). The highest BCUT2D eigenvalue weighted by atomic mass is 32.2. The first-order valence-electron chi connectivity index (χ1n) is 7.85. The minimum atomic E-state index is -0.821. The van der Waals surface area contributed by atoms with Crippen molar-refractivity contribution in [3.8, 4) is 11.1 Å². The molecule has 0 saturated carbocycles. The van der Waals surface area contributed by atoms with E-state index in [1.165, 1.54) is 16.0 Å². The Hall–Kier alpha value is -2.00. The van der Waals surface area contributed by atoms with Crippen LogP contribution in [0.5, 0.6) is 0 Å². The fraction of sp³-hybridized carbons (Fsp3) is 0.250. The van der Waals surface area contributed by atoms with Gasteiger partial charge in [-0.2, -0.15) is 0 Å². The first-order chi connectivity index (χ1) is 11.2. The molecule has 2 aromatic rings. The van der Waals surface area contributed by atoms with Gasteiger partial charge in [-0.05, 0) is 55.2 Å². The lowest BCUT2D eigenvalue weighted by molar-refractivity contribution is -0.132. The summed E-state index contributed by atoms with van der Waals surface area (Å²) in [4.78, 5) is 11.9. The highest BCUT2D eigenvalue weighted by Gasteiger charge is 2.00. The molecule has 0 bridgehead atoms. The first-order valence-corrected chi connectivity index (χ1v) is 8.84. The van der Waals surface area contributed by atoms with Crippen molar-refractivity contribution in [2.75, 3.05) is 5.75 Å². The Bertz CT molecular complexity index is 645. The van der Waals surface area contributed by atoms with Crippen LogP contribution in [0.4, 0.5) is 0 Å². The Kier molecular flexibility index (Phi) is 6.95. The van der Waals surface area contributed by atoms with Gasteiger partial charge in [0, 0.05) is 10.5 Å². The number of aliphatic carboxylic acids is 1. The maximum Gasteiger partial charge on any atom is 0.330 e. The van der Waals surface area contributed by atoms with Gasteiger partial charge in [0.05, 0.1) is 0 Å². The van der Waals surface area contributed by atoms with Gasteiger partial charge in [0.2, 0.25) is 0 Å². The van der Waals surface area contributed by atoms with Crippen LogP contribution in [0.1, 0.15) is 26.2 Å². The third kappa shape index (κ3) is 5.95. The topological polar surface area (TPSA) is 37.3 Å². The maximum atomic E-state index is 10.7. The van der Waals surface area contributed by atoms with Crippen molar-refractivity contribution in [2.45, 2.75) is 31.1 Å². The third-order valence-electron chi connectivity index (χ3n) is 3.62. The quantitative estimate of drug-likeness (QED) is 0.387. The normalized spacial score (nSPS) is 11.4. The molecule has 0 atom stereocenters. The SMILES string of the molecule is CC(=CCCCCSc1ccc(-c2ccccc2)cc1)C(=O)O. The Morgan fingerprint density at radius 3 is 2.30 bits per heavy atom. The predicted molar refractivity (Wildman–Crippen MR) is 97.8 cm³/mol. The van der Waals surface area contributed by atoms with Gasteiger partial charge in [0.1, 0.15) is 0 Å². The van der Waals surface area contributed by atoms with Crippen LogP contribution in [0, 0.1) is 0 Å². The number of allylic oxidation sites excluding steroid dienone is 1. The van der Waals surface area contributed by atoms with Crippen LogP contribution in [0.2, 0.25) is 0 Å². The molecule has 23 heavy (non-hydrogen) atoms. The Morgan fingerprint density at radius 1 is 1.00 bits per heavy atom. The summed E-state index contributed by atoms with van der Waals surface area (Å²) in [5.74, 6) is 0.239. The summed E-state index contributed by atoms with van der Waals surface area (Å²) >= 11 is 1.85. The van der Waals surface area contributed by atoms with Crippen molar-refractivity contribution < 1.29 is 9.90 Å². The van der Waals surface area contributed by atoms with E-state index in [0.717, 1.165) is 25.0 Å². The van der Waals surface area contributed by atoms with E-state index >= 15 is 0 Å². The van der Waals surface area contributed by atoms with Crippen LogP contribution in [0.15, 0.2) is 71.1 Å². The minimum absolute atomic E-state index is 0.439. The Balaban J connectivity index is 1.73. The first kappa shape index (κ1) is 17.4. The van der Waals surface area contributed by atoms with Gasteiger partial charge in [-0.1, -0.05) is 48.5 Å². The molecule has 0 heterocycles. The average molecular weight is 326 g/mol. The molecule has 0 saturated heterocycles. The zero-order valence-electron chi connectivity index (χ0n) is 13.4. The van der Waals surface area contributed by atoms with Crippen LogP contribution in [0.25, 0.3) is 11.1 Å². The average Bonchev–Trinajstić information content (AvgIpc) is 2.59. The van der Waals surface area contributed by atoms with E-state index in [2.05, 4.69) is 48.5 Å². The lowest BCUT2D eigenvalue weighted by atomic mass is 10.1. The van der Waals surface area contributed by atoms with E-state index in [9.17, 15) is 4.79 Å². The van der Waals surface area contributed by atoms with Gasteiger partial charge in [0.15, 0.2) is 0 Å². The highest BCUT2D eigenvalue weighted by molar-refractivity contribution is 7.99. The molecule has 0 spiro atoms. The van der Waals surface area contributed by atoms with Crippen LogP contribution >= 0.6 is 11.8 Å². The van der Waals surface area contributed by atoms with Crippen molar-refractivity contribution in [2.24, 2.45) is 0 Å². The predicted octanol–water partition coefficient (Wildman–Crippen LogP) is 5.65. The van der Waals surface area contributed by atoms with E-state index < -0.39 is 5.97 Å². The molecule has 0 radical (unpaired) electrons. The number of unbranched alkanes of at least 4 members (excludes halogenated alkanes) is 2. The van der Waals surface area contributed by atoms with E-state index in [1.54, 1.807) is 6.92 Å². The van der Waals surface area contributed by atoms with Gasteiger partial charge >= 0.3 is 5.97 Å². The number of rotatable bonds is 8. The van der Waals surface area contributed by atoms with Crippen LogP contribution in [-0.2, 0) is 4.79 Å². The highest BCUT2D eigenvalue weighted by Crippen LogP contribution is 2.24. The van der Waals surface area contributed by atoms with Crippen molar-refractivity contribution >= 4 is 17.7 Å². The zero-order valence-corrected chi connectivity index (χ0v) is 14.2. The number of hydrogen-bond donors (Lipinski definition) is 1. The van der Waals surface area contributed by atoms with Crippen molar-refractivity contribution in [1.29, 1.82) is 0 Å². The fourth-order valence-electron chi connectivity index (χ4n) is 2.22. The smallest absolute Gasteiger partial charge is 0.330 e. The summed E-state index contributed by atoms with van der Waals surface area (Å²) < 4.78 is 0. The molecule has 0 aliphatic rings. The van der Waals surface area contributed by atoms with Crippen LogP contribution < -0.4 is 0 Å². The number of thioether (sulfide) groups is 1. The second-order valence-corrected chi connectivity index (χ2v) is 6.60. The molecule has 3 heteroatoms. The van der Waals surface area contributed by atoms with Gasteiger partial charge in [-0.25, -0.2) is 4.79 Å². The number of carbonyl (C=O) groups is 1. The molecule has 0 aliphatic heterocycles. The van der Waals surface area contributed by atoms with E-state index in [0.29, 0.717) is 5.57 Å². The standard InChI is InChI=1S/C20H22O2S/c1-16(20(21)22)8-4-3-7-15-23-19-13-11-18(12-14-19)17-9-5-2-6-10-17/h2,5-6,8-14H,3-4,7,15H2,1H3,(H,21,22). The molecule has 0 unspecified atom stereocenters. The summed E-state index contributed by atoms with van der Waals surface area (Å²) in [7, 11) is 0. The molecular weight excluding hydrogens is 304 g/mol. The molecule has 1 N–H and O–H groups in total. The molecule has 0 amide bonds. The Labute approximate surface area is 142 Å². The summed E-state index contributed by atoms with van der Waals surface area (Å²) in [6.07, 6.45) is 4.77. The summed E-state index contributed by atoms with van der Waals surface area (Å²) in [6, 6.07) is 19.0. The van der Waals surface area contributed by atoms with Crippen molar-refractivity contribution in [3.05, 3.63) is 66.2 Å². The summed E-state index contributed by atoms with van der Waals surface area (Å²) in [5, 5.41) is 8.77. The van der Waals surface area contributed by atoms with E-state index in [4.69, 9.17) is 5.11 Å². The molecule has 0 fully saturated rings. The molecular formula is C20H22O2S. The molecule has 0 aromatic heterocycles. The number of carboxylic acid groups (broad SMARTS) is 1. The summed E-state index contributed by atoms with van der Waals surface area (Å²) in [6.45, 7) is 1.64. The van der Waals surface area contributed by atoms with Crippen LogP contribution in [0.3, 0.4) is 0 Å². The van der Waals surface area contributed by atoms with Crippen molar-refractivity contribution in [1.82, 2.24) is 0 Å². The largest absolute Gasteiger partial charge is 0.478 e. The number of benzene rings is 2. The van der Waals surface area contributed by atoms with Crippen LogP contribution in [-0.4, -0.2) is 16.8 Å². The monoisotopic (exact) mass is 326 g/mol. The molecule has 2 aromatic carbocycles. The third-order valence-corrected chi connectivity index (χ3v) is 4.71. The maximum absolute atomic E-state index is 10.7. The van der Waals surface area contributed by atoms with Gasteiger partial charge in [0.25, 0.3) is 0 Å². The fourth-order valence-corrected chi connectivity index (χ4v) is 3.13. The molecule has 120 valence electrons. The second kappa shape index (κ2) is 9.21. The lowest BCUT2D eigenvalue weighted by Crippen LogP contribution is -1.95. The minimum Gasteiger partial charge on any atom is -0.478 e. The van der Waals surface area contributed by atoms with Gasteiger partial charge in [-0.15, -0.1) is 11.8 Å². The molecule has 2 nitrogen and oxygen atoms in total. The van der Waals surface area contributed by atoms with E-state index in [-0.39, 0.29) is 0 Å². The van der Waals surface area contributed by atoms with Crippen molar-refractivity contribution in [3.63, 3.8) is 0 Å². The Morgan fingerprint density at radius 2 is 1.65 bits per heavy atom. The van der Waals surface area contributed by atoms with Gasteiger partial charge in [-0.3, -0.25) is 0 Å². The van der Waals surface area contributed by atoms with Gasteiger partial charge < -0.3 is 5.11 Å². The number of hydrogen-bond acceptors (Lipinski definition) is 2. The zero-order chi connectivity index (χ0) is 16.5.